The molecule has 29 heteroatoms. The number of nitrogens with zero attached hydrogens (tertiary/aromatic N) is 5. The van der Waals surface area contributed by atoms with Gasteiger partial charge >= 0.3 is 12.1 Å². The highest BCUT2D eigenvalue weighted by Crippen LogP contribution is 2.35. The number of rotatable bonds is 41. The van der Waals surface area contributed by atoms with E-state index in [9.17, 15) is 42.3 Å². The predicted octanol–water partition coefficient (Wildman–Crippen LogP) is 9.23. The van der Waals surface area contributed by atoms with Crippen LogP contribution < -0.4 is 20.7 Å². The van der Waals surface area contributed by atoms with E-state index in [0.717, 1.165) is 50.6 Å². The topological polar surface area (TPSA) is 311 Å². The Kier molecular flexibility index (Phi) is 40.2. The van der Waals surface area contributed by atoms with Crippen molar-refractivity contribution in [3.05, 3.63) is 112 Å². The number of aliphatic hydroxyl groups excluding tert-OH is 1. The highest BCUT2D eigenvalue weighted by Gasteiger charge is 2.43. The molecule has 574 valence electrons. The average Bonchev–Trinajstić information content (AvgIpc) is 1.76. The number of carboxylic acid groups (broad SMARTS) is 1. The number of anilines is 1. The van der Waals surface area contributed by atoms with Crippen LogP contribution in [0.3, 0.4) is 0 Å². The fraction of sp³-hybridized carbons (Fsp3) is 0.595. The maximum Gasteiger partial charge on any atom is 0.416 e. The van der Waals surface area contributed by atoms with Gasteiger partial charge in [0.25, 0.3) is 0 Å². The number of thiazole rings is 1. The molecule has 0 radical (unpaired) electrons. The van der Waals surface area contributed by atoms with Crippen molar-refractivity contribution in [2.45, 2.75) is 126 Å². The summed E-state index contributed by atoms with van der Waals surface area (Å²) in [4.78, 5) is 78.5. The molecule has 2 amide bonds. The number of nitrogens with two attached hydrogens (primary N) is 1. The summed E-state index contributed by atoms with van der Waals surface area (Å²) in [6, 6.07) is 14.5. The third kappa shape index (κ3) is 32.5. The number of ether oxygens (including phenoxy) is 11. The lowest BCUT2D eigenvalue weighted by molar-refractivity contribution is -0.143. The monoisotopic (exact) mass is 1470 g/mol. The van der Waals surface area contributed by atoms with E-state index >= 15 is 0 Å². The van der Waals surface area contributed by atoms with Crippen LogP contribution in [0.25, 0.3) is 21.6 Å². The number of carbonyl (C=O) groups excluding carboxylic acids is 4. The van der Waals surface area contributed by atoms with Crippen LogP contribution in [-0.4, -0.2) is 235 Å². The van der Waals surface area contributed by atoms with Gasteiger partial charge < -0.3 is 83.2 Å². The number of hydrogen-bond acceptors (Lipinski definition) is 23. The summed E-state index contributed by atoms with van der Waals surface area (Å²) in [5.41, 5.74) is 13.2. The van der Waals surface area contributed by atoms with Gasteiger partial charge in [0.1, 0.15) is 31.5 Å². The Labute approximate surface area is 607 Å². The molecule has 25 nitrogen and oxygen atoms in total. The number of benzene rings is 2. The van der Waals surface area contributed by atoms with Crippen molar-refractivity contribution in [2.24, 2.45) is 17.1 Å². The number of amides is 2. The van der Waals surface area contributed by atoms with Crippen LogP contribution in [0.1, 0.15) is 114 Å². The van der Waals surface area contributed by atoms with E-state index in [1.807, 2.05) is 111 Å². The summed E-state index contributed by atoms with van der Waals surface area (Å²) < 4.78 is 98.9. The number of aliphatic carboxylic acids is 1. The minimum atomic E-state index is -4.54. The molecular weight excluding hydrogens is 1360 g/mol. The molecule has 2 aromatic carbocycles. The molecule has 103 heavy (non-hydrogen) atoms. The molecule has 0 aliphatic carbocycles. The van der Waals surface area contributed by atoms with Gasteiger partial charge in [-0.2, -0.15) is 13.2 Å². The molecule has 0 spiro atoms. The number of carbonyl (C=O) groups is 5. The number of Topliss-reactive ketones (excluding diaryl/α,β-unsaturated/α-hetero) is 2. The van der Waals surface area contributed by atoms with Gasteiger partial charge in [0.05, 0.1) is 158 Å². The zero-order valence-corrected chi connectivity index (χ0v) is 61.2. The zero-order valence-electron chi connectivity index (χ0n) is 60.4. The van der Waals surface area contributed by atoms with Gasteiger partial charge in [0.2, 0.25) is 17.7 Å². The minimum Gasteiger partial charge on any atom is -0.480 e. The number of morpholine rings is 1. The fourth-order valence-corrected chi connectivity index (χ4v) is 10.8. The highest BCUT2D eigenvalue weighted by atomic mass is 32.1. The number of aryl methyl sites for hydroxylation is 2. The first-order valence-electron chi connectivity index (χ1n) is 34.3. The van der Waals surface area contributed by atoms with Gasteiger partial charge in [-0.25, -0.2) is 14.8 Å². The van der Waals surface area contributed by atoms with Crippen LogP contribution in [0.5, 0.6) is 5.88 Å². The molecule has 7 rings (SSSR count). The number of halogens is 3. The van der Waals surface area contributed by atoms with Crippen LogP contribution in [0.15, 0.2) is 78.6 Å². The molecular formula is C74H108F3N7O18S. The van der Waals surface area contributed by atoms with E-state index in [-0.39, 0.29) is 101 Å². The number of aromatic nitrogens is 3. The Morgan fingerprint density at radius 2 is 1.26 bits per heavy atom. The molecule has 0 saturated carbocycles. The largest absolute Gasteiger partial charge is 0.480 e. The minimum absolute atomic E-state index is 0. The second-order valence-electron chi connectivity index (χ2n) is 25.7. The molecule has 0 unspecified atom stereocenters. The third-order valence-electron chi connectivity index (χ3n) is 15.8. The Morgan fingerprint density at radius 1 is 0.699 bits per heavy atom. The van der Waals surface area contributed by atoms with E-state index < -0.39 is 47.1 Å². The Bertz CT molecular complexity index is 3320. The quantitative estimate of drug-likeness (QED) is 0.0209. The standard InChI is InChI=1S/C34H40F3N3O9.C23H32N4O3S.C16H32O6.CH4/c1-24-29(17-25(21-38-24)18-31(41)26-3-2-4-28(19-26)34(35,36)37)27-20-30(40-5-7-44-8-6-40)33(39-22-27)49-16-15-47-12-11-45-9-10-46-13-14-48-23-32(42)43;1-13(15-6-8-16(9-7-15)19-14(2)25-12-31-19)26-21(29)18-10-17(28)11-27(18)22(30)20(24)23(3,4)5;1-14(2)16(17)13-21-10-9-19-6-5-18-7-8-20-11-12-22-15(3)4;/h2-4,17,19-22H,5-16,18,23H2,1H3,(H,42,43);6-9,12-13,17-18,20,28H,10-11,24H2,1-5H3,(H,26,29);14-15H,5-13H2,1-4H3;1H4/t;13-,17+,18-,20-;;/m.0../s1. The van der Waals surface area contributed by atoms with Crippen LogP contribution in [-0.2, 0) is 79.1 Å². The molecule has 5 heterocycles. The molecule has 3 aromatic heterocycles. The number of carboxylic acids is 1. The molecule has 2 saturated heterocycles. The number of β-amino-alcohol motifs (C(OH)–C–C–N with tert-alkyl or cyclic N) is 1. The van der Waals surface area contributed by atoms with Crippen molar-refractivity contribution in [1.29, 1.82) is 0 Å². The highest BCUT2D eigenvalue weighted by molar-refractivity contribution is 7.13. The summed E-state index contributed by atoms with van der Waals surface area (Å²) >= 11 is 1.60. The van der Waals surface area contributed by atoms with Gasteiger partial charge in [0.15, 0.2) is 11.6 Å². The number of hydrogen-bond donors (Lipinski definition) is 4. The Hall–Kier alpha value is -6.97. The molecule has 5 aromatic rings. The summed E-state index contributed by atoms with van der Waals surface area (Å²) in [6.07, 6.45) is -1.72. The number of nitrogens with one attached hydrogen (secondary N) is 1. The Morgan fingerprint density at radius 3 is 1.80 bits per heavy atom. The number of alkyl halides is 3. The second kappa shape index (κ2) is 46.8. The molecule has 0 bridgehead atoms. The van der Waals surface area contributed by atoms with Crippen molar-refractivity contribution in [2.75, 3.05) is 157 Å². The van der Waals surface area contributed by atoms with Gasteiger partial charge in [0, 0.05) is 73.2 Å². The average molecular weight is 1470 g/mol. The summed E-state index contributed by atoms with van der Waals surface area (Å²) in [6.45, 7) is 28.1. The number of ketones is 2. The van der Waals surface area contributed by atoms with E-state index in [1.165, 1.54) is 17.0 Å². The van der Waals surface area contributed by atoms with E-state index in [1.54, 1.807) is 23.7 Å². The maximum atomic E-state index is 13.2. The Balaban J connectivity index is 0.000000356. The summed E-state index contributed by atoms with van der Waals surface area (Å²) in [5.74, 6) is -1.49. The maximum absolute atomic E-state index is 13.2. The zero-order chi connectivity index (χ0) is 74.6. The van der Waals surface area contributed by atoms with Gasteiger partial charge in [-0.1, -0.05) is 78.4 Å². The summed E-state index contributed by atoms with van der Waals surface area (Å²) in [5, 5.41) is 21.6. The van der Waals surface area contributed by atoms with Gasteiger partial charge in [-0.3, -0.25) is 24.2 Å². The summed E-state index contributed by atoms with van der Waals surface area (Å²) in [7, 11) is 0. The van der Waals surface area contributed by atoms with Crippen LogP contribution >= 0.6 is 11.3 Å². The lowest BCUT2D eigenvalue weighted by atomic mass is 9.86. The molecule has 2 fully saturated rings. The number of likely N-dealkylation sites (tertiary alicyclic amines) is 1. The van der Waals surface area contributed by atoms with E-state index in [4.69, 9.17) is 62.9 Å². The van der Waals surface area contributed by atoms with Crippen molar-refractivity contribution in [3.8, 4) is 27.4 Å². The fourth-order valence-electron chi connectivity index (χ4n) is 9.96. The van der Waals surface area contributed by atoms with Crippen molar-refractivity contribution >= 4 is 46.4 Å². The predicted molar refractivity (Wildman–Crippen MR) is 384 cm³/mol. The molecule has 4 atom stereocenters. The third-order valence-corrected chi connectivity index (χ3v) is 16.8. The van der Waals surface area contributed by atoms with Crippen molar-refractivity contribution < 1.29 is 99.5 Å². The lowest BCUT2D eigenvalue weighted by Gasteiger charge is -2.32. The smallest absolute Gasteiger partial charge is 0.416 e. The first-order chi connectivity index (χ1) is 48.6. The van der Waals surface area contributed by atoms with Gasteiger partial charge in [-0.05, 0) is 81.0 Å². The second-order valence-corrected chi connectivity index (χ2v) is 26.6. The van der Waals surface area contributed by atoms with E-state index in [0.29, 0.717) is 129 Å². The van der Waals surface area contributed by atoms with Crippen LogP contribution in [0, 0.1) is 25.2 Å². The van der Waals surface area contributed by atoms with Crippen molar-refractivity contribution in [1.82, 2.24) is 25.2 Å². The number of aliphatic hydroxyl groups is 1. The van der Waals surface area contributed by atoms with Gasteiger partial charge in [-0.15, -0.1) is 11.3 Å². The first kappa shape index (κ1) is 88.4. The molecule has 2 aliphatic heterocycles. The first-order valence-corrected chi connectivity index (χ1v) is 35.2. The molecule has 5 N–H and O–H groups in total. The van der Waals surface area contributed by atoms with Crippen molar-refractivity contribution in [3.63, 3.8) is 0 Å². The van der Waals surface area contributed by atoms with Crippen LogP contribution in [0.2, 0.25) is 0 Å². The lowest BCUT2D eigenvalue weighted by Crippen LogP contribution is -2.55. The molecule has 2 aliphatic rings. The SMILES string of the molecule is C.CC(C)OCCOCCOCCOCCOCC(=O)C(C)C.Cc1ncc(CC(=O)c2cccc(C(F)(F)F)c2)cc1-c1cnc(OCCOCCOCCOCCOCC(=O)O)c(N2CCOCC2)c1.Cc1ncsc1-c1ccc([C@H](C)NC(=O)[C@@H]2C[C@@H](O)CN2C(=O)[C@H](N)C(C)(C)C)cc1. The number of pyridine rings is 2. The van der Waals surface area contributed by atoms with Crippen LogP contribution in [0.4, 0.5) is 18.9 Å². The normalized spacial score (nSPS) is 15.2. The van der Waals surface area contributed by atoms with E-state index in [2.05, 4.69) is 25.2 Å².